The fraction of sp³-hybridized carbons (Fsp3) is 0.182. The minimum Gasteiger partial charge on any atom is -0.461 e. The van der Waals surface area contributed by atoms with Gasteiger partial charge in [-0.15, -0.1) is 0 Å². The van der Waals surface area contributed by atoms with Crippen LogP contribution in [-0.4, -0.2) is 17.6 Å². The van der Waals surface area contributed by atoms with Crippen LogP contribution in [0.25, 0.3) is 10.9 Å². The molecule has 84 valence electrons. The maximum absolute atomic E-state index is 11.6. The number of hydrogen-bond acceptors (Lipinski definition) is 3. The van der Waals surface area contributed by atoms with Crippen LogP contribution >= 0.6 is 11.6 Å². The predicted octanol–water partition coefficient (Wildman–Crippen LogP) is 2.58. The Morgan fingerprint density at radius 2 is 2.31 bits per heavy atom. The van der Waals surface area contributed by atoms with Gasteiger partial charge in [-0.05, 0) is 19.1 Å². The maximum atomic E-state index is 11.6. The summed E-state index contributed by atoms with van der Waals surface area (Å²) in [7, 11) is 0. The first-order valence-corrected chi connectivity index (χ1v) is 5.25. The molecule has 0 saturated carbocycles. The van der Waals surface area contributed by atoms with Crippen molar-refractivity contribution in [3.8, 4) is 0 Å². The number of benzene rings is 1. The number of ether oxygens (including phenoxy) is 1. The molecule has 0 amide bonds. The molecule has 4 nitrogen and oxygen atoms in total. The number of H-pyrrole nitrogens is 1. The first-order valence-electron chi connectivity index (χ1n) is 4.88. The van der Waals surface area contributed by atoms with Crippen LogP contribution in [0.3, 0.4) is 0 Å². The van der Waals surface area contributed by atoms with E-state index >= 15 is 0 Å². The summed E-state index contributed by atoms with van der Waals surface area (Å²) in [6.45, 7) is 2.05. The van der Waals surface area contributed by atoms with Gasteiger partial charge in [0, 0.05) is 10.9 Å². The number of hydrogen-bond donors (Lipinski definition) is 2. The molecule has 0 aliphatic rings. The summed E-state index contributed by atoms with van der Waals surface area (Å²) in [5.74, 6) is -0.465. The van der Waals surface area contributed by atoms with E-state index in [9.17, 15) is 4.79 Å². The number of anilines is 1. The molecule has 0 aliphatic heterocycles. The zero-order chi connectivity index (χ0) is 11.7. The van der Waals surface area contributed by atoms with Crippen molar-refractivity contribution in [3.63, 3.8) is 0 Å². The average Bonchev–Trinajstić information content (AvgIpc) is 2.58. The summed E-state index contributed by atoms with van der Waals surface area (Å²) in [6.07, 6.45) is 0. The minimum absolute atomic E-state index is 0.255. The minimum atomic E-state index is -0.465. The number of rotatable bonds is 2. The molecule has 2 aromatic rings. The highest BCUT2D eigenvalue weighted by Crippen LogP contribution is 2.31. The van der Waals surface area contributed by atoms with Gasteiger partial charge in [0.1, 0.15) is 5.69 Å². The zero-order valence-corrected chi connectivity index (χ0v) is 9.47. The van der Waals surface area contributed by atoms with Crippen molar-refractivity contribution in [3.05, 3.63) is 28.9 Å². The Balaban J connectivity index is 2.61. The number of nitrogen functional groups attached to an aromatic ring is 1. The molecule has 0 atom stereocenters. The zero-order valence-electron chi connectivity index (χ0n) is 8.71. The number of esters is 1. The molecule has 1 heterocycles. The Morgan fingerprint density at radius 1 is 1.56 bits per heavy atom. The van der Waals surface area contributed by atoms with E-state index in [1.54, 1.807) is 25.1 Å². The normalized spacial score (nSPS) is 10.6. The van der Waals surface area contributed by atoms with Crippen LogP contribution in [0.5, 0.6) is 0 Å². The summed E-state index contributed by atoms with van der Waals surface area (Å²) < 4.78 is 4.88. The van der Waals surface area contributed by atoms with E-state index < -0.39 is 5.97 Å². The molecule has 0 bridgehead atoms. The van der Waals surface area contributed by atoms with Crippen LogP contribution in [0.2, 0.25) is 5.02 Å². The lowest BCUT2D eigenvalue weighted by Crippen LogP contribution is -2.07. The van der Waals surface area contributed by atoms with Gasteiger partial charge in [-0.25, -0.2) is 4.79 Å². The molecule has 0 radical (unpaired) electrons. The van der Waals surface area contributed by atoms with Crippen LogP contribution in [0.4, 0.5) is 5.69 Å². The van der Waals surface area contributed by atoms with Gasteiger partial charge in [0.25, 0.3) is 0 Å². The van der Waals surface area contributed by atoms with Crippen LogP contribution in [-0.2, 0) is 4.74 Å². The number of fused-ring (bicyclic) bond motifs is 1. The molecular weight excluding hydrogens is 228 g/mol. The molecule has 0 unspecified atom stereocenters. The quantitative estimate of drug-likeness (QED) is 0.791. The smallest absolute Gasteiger partial charge is 0.356 e. The molecular formula is C11H11ClN2O2. The molecule has 16 heavy (non-hydrogen) atoms. The highest BCUT2D eigenvalue weighted by atomic mass is 35.5. The number of aromatic amines is 1. The van der Waals surface area contributed by atoms with E-state index in [0.29, 0.717) is 22.7 Å². The third-order valence-electron chi connectivity index (χ3n) is 2.29. The summed E-state index contributed by atoms with van der Waals surface area (Å²) in [5.41, 5.74) is 7.17. The molecule has 1 aromatic carbocycles. The Kier molecular flexibility index (Phi) is 2.75. The number of nitrogens with two attached hydrogens (primary N) is 1. The number of carbonyl (C=O) groups excluding carboxylic acids is 1. The molecule has 2 rings (SSSR count). The number of nitrogens with one attached hydrogen (secondary N) is 1. The predicted molar refractivity (Wildman–Crippen MR) is 63.7 cm³/mol. The lowest BCUT2D eigenvalue weighted by atomic mass is 10.2. The van der Waals surface area contributed by atoms with E-state index in [1.165, 1.54) is 0 Å². The number of halogens is 1. The Morgan fingerprint density at radius 3 is 2.94 bits per heavy atom. The molecule has 0 saturated heterocycles. The van der Waals surface area contributed by atoms with Crippen LogP contribution in [0, 0.1) is 0 Å². The number of aromatic nitrogens is 1. The second-order valence-corrected chi connectivity index (χ2v) is 3.70. The highest BCUT2D eigenvalue weighted by Gasteiger charge is 2.17. The van der Waals surface area contributed by atoms with Gasteiger partial charge < -0.3 is 15.5 Å². The van der Waals surface area contributed by atoms with Crippen molar-refractivity contribution in [1.82, 2.24) is 4.98 Å². The van der Waals surface area contributed by atoms with Gasteiger partial charge in [0.05, 0.1) is 17.3 Å². The summed E-state index contributed by atoms with van der Waals surface area (Å²) >= 11 is 6.01. The second-order valence-electron chi connectivity index (χ2n) is 3.30. The van der Waals surface area contributed by atoms with Crippen molar-refractivity contribution in [2.45, 2.75) is 6.92 Å². The fourth-order valence-corrected chi connectivity index (χ4v) is 1.87. The van der Waals surface area contributed by atoms with E-state index in [1.807, 2.05) is 0 Å². The third kappa shape index (κ3) is 1.61. The van der Waals surface area contributed by atoms with E-state index in [-0.39, 0.29) is 5.69 Å². The summed E-state index contributed by atoms with van der Waals surface area (Å²) in [6, 6.07) is 5.32. The lowest BCUT2D eigenvalue weighted by Gasteiger charge is -1.99. The van der Waals surface area contributed by atoms with E-state index in [0.717, 1.165) is 5.52 Å². The van der Waals surface area contributed by atoms with Crippen LogP contribution in [0.1, 0.15) is 17.4 Å². The highest BCUT2D eigenvalue weighted by molar-refractivity contribution is 6.37. The van der Waals surface area contributed by atoms with Crippen molar-refractivity contribution in [1.29, 1.82) is 0 Å². The Labute approximate surface area is 97.3 Å². The lowest BCUT2D eigenvalue weighted by molar-refractivity contribution is 0.0522. The van der Waals surface area contributed by atoms with Gasteiger partial charge >= 0.3 is 5.97 Å². The molecule has 0 fully saturated rings. The molecule has 5 heteroatoms. The first kappa shape index (κ1) is 10.8. The van der Waals surface area contributed by atoms with E-state index in [2.05, 4.69) is 4.98 Å². The average molecular weight is 239 g/mol. The van der Waals surface area contributed by atoms with Gasteiger partial charge in [0.15, 0.2) is 0 Å². The van der Waals surface area contributed by atoms with Crippen LogP contribution < -0.4 is 5.73 Å². The topological polar surface area (TPSA) is 68.1 Å². The summed E-state index contributed by atoms with van der Waals surface area (Å²) in [4.78, 5) is 14.5. The van der Waals surface area contributed by atoms with Gasteiger partial charge in [-0.2, -0.15) is 0 Å². The maximum Gasteiger partial charge on any atom is 0.356 e. The standard InChI is InChI=1S/C11H11ClN2O2/c1-2-16-11(15)10-9(13)8-6(12)4-3-5-7(8)14-10/h3-5,14H,2,13H2,1H3. The van der Waals surface area contributed by atoms with E-state index in [4.69, 9.17) is 22.1 Å². The molecule has 0 spiro atoms. The fourth-order valence-electron chi connectivity index (χ4n) is 1.59. The molecule has 0 aliphatic carbocycles. The van der Waals surface area contributed by atoms with Crippen molar-refractivity contribution in [2.24, 2.45) is 0 Å². The van der Waals surface area contributed by atoms with Gasteiger partial charge in [-0.3, -0.25) is 0 Å². The number of carbonyl (C=O) groups is 1. The third-order valence-corrected chi connectivity index (χ3v) is 2.61. The van der Waals surface area contributed by atoms with Crippen molar-refractivity contribution < 1.29 is 9.53 Å². The van der Waals surface area contributed by atoms with Crippen molar-refractivity contribution >= 4 is 34.2 Å². The second kappa shape index (κ2) is 4.06. The van der Waals surface area contributed by atoms with Gasteiger partial charge in [0.2, 0.25) is 0 Å². The Bertz CT molecular complexity index is 548. The summed E-state index contributed by atoms with van der Waals surface area (Å²) in [5, 5.41) is 1.18. The first-order chi connectivity index (χ1) is 7.65. The Hall–Kier alpha value is -1.68. The molecule has 1 aromatic heterocycles. The SMILES string of the molecule is CCOC(=O)c1[nH]c2cccc(Cl)c2c1N. The van der Waals surface area contributed by atoms with Crippen molar-refractivity contribution in [2.75, 3.05) is 12.3 Å². The monoisotopic (exact) mass is 238 g/mol. The largest absolute Gasteiger partial charge is 0.461 e. The van der Waals surface area contributed by atoms with Gasteiger partial charge in [-0.1, -0.05) is 17.7 Å². The van der Waals surface area contributed by atoms with Crippen LogP contribution in [0.15, 0.2) is 18.2 Å². The molecule has 3 N–H and O–H groups in total.